The number of carbonyl (C=O) groups is 3. The molecule has 2 N–H and O–H groups in total. The largest absolute Gasteiger partial charge is 0.475 e. The Kier molecular flexibility index (Phi) is 8.32. The summed E-state index contributed by atoms with van der Waals surface area (Å²) in [6.45, 7) is 2.66. The van der Waals surface area contributed by atoms with Crippen molar-refractivity contribution in [3.8, 4) is 5.88 Å². The third-order valence-corrected chi connectivity index (χ3v) is 6.65. The molecule has 3 heterocycles. The van der Waals surface area contributed by atoms with Crippen molar-refractivity contribution in [3.05, 3.63) is 48.2 Å². The number of rotatable bonds is 9. The van der Waals surface area contributed by atoms with Gasteiger partial charge in [-0.05, 0) is 43.2 Å². The minimum Gasteiger partial charge on any atom is -0.475 e. The van der Waals surface area contributed by atoms with Gasteiger partial charge in [-0.2, -0.15) is 4.99 Å². The SMILES string of the molecule is COCCOc1ccc(NC(=O)c2ccc(NC(=O)CC3SC(N4CCCC4)=NC3=O)cc2)cn1. The number of nitrogens with one attached hydrogen (secondary N) is 2. The predicted molar refractivity (Wildman–Crippen MR) is 134 cm³/mol. The number of anilines is 2. The molecule has 10 nitrogen and oxygen atoms in total. The average Bonchev–Trinajstić information content (AvgIpc) is 3.51. The lowest BCUT2D eigenvalue weighted by molar-refractivity contribution is -0.121. The number of aromatic nitrogens is 1. The summed E-state index contributed by atoms with van der Waals surface area (Å²) in [5.74, 6) is -0.401. The standard InChI is InChI=1S/C24H27N5O5S/c1-33-12-13-34-21-9-8-18(15-25-21)27-22(31)16-4-6-17(7-5-16)26-20(30)14-19-23(32)28-24(35-19)29-10-2-3-11-29/h4-9,15,19H,2-3,10-14H2,1H3,(H,26,30)(H,27,31). The van der Waals surface area contributed by atoms with Gasteiger partial charge >= 0.3 is 0 Å². The number of amidine groups is 1. The van der Waals surface area contributed by atoms with Crippen molar-refractivity contribution >= 4 is 46.0 Å². The second-order valence-corrected chi connectivity index (χ2v) is 9.21. The first-order valence-corrected chi connectivity index (χ1v) is 12.2. The van der Waals surface area contributed by atoms with E-state index in [-0.39, 0.29) is 24.1 Å². The van der Waals surface area contributed by atoms with Crippen LogP contribution in [0, 0.1) is 0 Å². The number of pyridine rings is 1. The van der Waals surface area contributed by atoms with Gasteiger partial charge in [0, 0.05) is 43.9 Å². The Morgan fingerprint density at radius 2 is 1.80 bits per heavy atom. The highest BCUT2D eigenvalue weighted by atomic mass is 32.2. The van der Waals surface area contributed by atoms with Crippen LogP contribution in [0.25, 0.3) is 0 Å². The number of thioether (sulfide) groups is 1. The highest BCUT2D eigenvalue weighted by molar-refractivity contribution is 8.15. The molecule has 3 amide bonds. The second-order valence-electron chi connectivity index (χ2n) is 8.04. The van der Waals surface area contributed by atoms with Gasteiger partial charge in [0.25, 0.3) is 11.8 Å². The Bertz CT molecular complexity index is 1080. The molecule has 0 radical (unpaired) electrons. The molecule has 1 unspecified atom stereocenters. The Labute approximate surface area is 207 Å². The van der Waals surface area contributed by atoms with E-state index >= 15 is 0 Å². The van der Waals surface area contributed by atoms with Crippen LogP contribution in [0.15, 0.2) is 47.6 Å². The molecule has 11 heteroatoms. The molecular weight excluding hydrogens is 470 g/mol. The van der Waals surface area contributed by atoms with Crippen LogP contribution >= 0.6 is 11.8 Å². The normalized spacial score (nSPS) is 17.3. The molecule has 1 aromatic heterocycles. The zero-order valence-electron chi connectivity index (χ0n) is 19.4. The number of hydrogen-bond acceptors (Lipinski definition) is 8. The van der Waals surface area contributed by atoms with Gasteiger partial charge in [-0.25, -0.2) is 4.98 Å². The molecule has 1 atom stereocenters. The smallest absolute Gasteiger partial charge is 0.262 e. The van der Waals surface area contributed by atoms with Crippen LogP contribution in [0.5, 0.6) is 5.88 Å². The molecular formula is C24H27N5O5S. The molecule has 1 fully saturated rings. The maximum Gasteiger partial charge on any atom is 0.262 e. The van der Waals surface area contributed by atoms with Gasteiger partial charge in [0.2, 0.25) is 11.8 Å². The minimum atomic E-state index is -0.499. The molecule has 0 bridgehead atoms. The molecule has 184 valence electrons. The highest BCUT2D eigenvalue weighted by Gasteiger charge is 2.33. The van der Waals surface area contributed by atoms with Crippen LogP contribution in [-0.2, 0) is 14.3 Å². The molecule has 4 rings (SSSR count). The van der Waals surface area contributed by atoms with E-state index in [1.54, 1.807) is 43.5 Å². The number of nitrogens with zero attached hydrogens (tertiary/aromatic N) is 3. The van der Waals surface area contributed by atoms with Crippen molar-refractivity contribution in [3.63, 3.8) is 0 Å². The summed E-state index contributed by atoms with van der Waals surface area (Å²) in [6.07, 6.45) is 3.75. The minimum absolute atomic E-state index is 0.0464. The van der Waals surface area contributed by atoms with E-state index in [9.17, 15) is 14.4 Å². The Morgan fingerprint density at radius 1 is 1.06 bits per heavy atom. The number of aliphatic imine (C=N–C) groups is 1. The quantitative estimate of drug-likeness (QED) is 0.507. The van der Waals surface area contributed by atoms with E-state index in [0.29, 0.717) is 36.0 Å². The van der Waals surface area contributed by atoms with Gasteiger partial charge in [0.15, 0.2) is 5.17 Å². The van der Waals surface area contributed by atoms with E-state index in [2.05, 4.69) is 25.5 Å². The maximum absolute atomic E-state index is 12.5. The van der Waals surface area contributed by atoms with Gasteiger partial charge in [-0.15, -0.1) is 0 Å². The first-order chi connectivity index (χ1) is 17.0. The van der Waals surface area contributed by atoms with E-state index in [1.807, 2.05) is 0 Å². The molecule has 1 aromatic carbocycles. The number of carbonyl (C=O) groups excluding carboxylic acids is 3. The third kappa shape index (κ3) is 6.80. The van der Waals surface area contributed by atoms with Crippen molar-refractivity contribution in [2.45, 2.75) is 24.5 Å². The van der Waals surface area contributed by atoms with Crippen LogP contribution in [0.4, 0.5) is 11.4 Å². The van der Waals surface area contributed by atoms with Crippen molar-refractivity contribution in [2.24, 2.45) is 4.99 Å². The summed E-state index contributed by atoms with van der Waals surface area (Å²) in [5, 5.41) is 5.78. The fourth-order valence-electron chi connectivity index (χ4n) is 3.61. The summed E-state index contributed by atoms with van der Waals surface area (Å²) in [7, 11) is 1.59. The van der Waals surface area contributed by atoms with E-state index in [4.69, 9.17) is 9.47 Å². The highest BCUT2D eigenvalue weighted by Crippen LogP contribution is 2.29. The fourth-order valence-corrected chi connectivity index (χ4v) is 4.73. The predicted octanol–water partition coefficient (Wildman–Crippen LogP) is 2.78. The molecule has 0 saturated carbocycles. The molecule has 2 aliphatic rings. The average molecular weight is 498 g/mol. The van der Waals surface area contributed by atoms with Crippen molar-refractivity contribution in [2.75, 3.05) is 44.0 Å². The Hall–Kier alpha value is -3.44. The monoisotopic (exact) mass is 497 g/mol. The topological polar surface area (TPSA) is 122 Å². The Balaban J connectivity index is 1.24. The number of ether oxygens (including phenoxy) is 2. The van der Waals surface area contributed by atoms with Crippen LogP contribution in [0.3, 0.4) is 0 Å². The zero-order valence-corrected chi connectivity index (χ0v) is 20.2. The number of benzene rings is 1. The lowest BCUT2D eigenvalue weighted by atomic mass is 10.2. The van der Waals surface area contributed by atoms with Crippen LogP contribution in [0.2, 0.25) is 0 Å². The molecule has 2 aromatic rings. The number of likely N-dealkylation sites (tertiary alicyclic amines) is 1. The summed E-state index contributed by atoms with van der Waals surface area (Å²) in [5.41, 5.74) is 1.50. The lowest BCUT2D eigenvalue weighted by Crippen LogP contribution is -2.25. The summed E-state index contributed by atoms with van der Waals surface area (Å²) in [4.78, 5) is 47.6. The van der Waals surface area contributed by atoms with Crippen LogP contribution in [0.1, 0.15) is 29.6 Å². The van der Waals surface area contributed by atoms with Crippen molar-refractivity contribution in [1.29, 1.82) is 0 Å². The molecule has 35 heavy (non-hydrogen) atoms. The summed E-state index contributed by atoms with van der Waals surface area (Å²) in [6, 6.07) is 9.88. The van der Waals surface area contributed by atoms with Gasteiger partial charge in [0.1, 0.15) is 11.9 Å². The van der Waals surface area contributed by atoms with E-state index in [0.717, 1.165) is 31.1 Å². The van der Waals surface area contributed by atoms with Gasteiger partial charge < -0.3 is 25.0 Å². The van der Waals surface area contributed by atoms with Gasteiger partial charge in [0.05, 0.1) is 18.5 Å². The molecule has 1 saturated heterocycles. The van der Waals surface area contributed by atoms with Crippen molar-refractivity contribution < 1.29 is 23.9 Å². The fraction of sp³-hybridized carbons (Fsp3) is 0.375. The number of amides is 3. The first kappa shape index (κ1) is 24.7. The molecule has 2 aliphatic heterocycles. The lowest BCUT2D eigenvalue weighted by Gasteiger charge is -2.16. The maximum atomic E-state index is 12.5. The van der Waals surface area contributed by atoms with Crippen LogP contribution < -0.4 is 15.4 Å². The van der Waals surface area contributed by atoms with Crippen LogP contribution in [-0.4, -0.2) is 71.4 Å². The summed E-state index contributed by atoms with van der Waals surface area (Å²) >= 11 is 1.36. The molecule has 0 aliphatic carbocycles. The number of hydrogen-bond donors (Lipinski definition) is 2. The van der Waals surface area contributed by atoms with Gasteiger partial charge in [-0.1, -0.05) is 11.8 Å². The Morgan fingerprint density at radius 3 is 2.49 bits per heavy atom. The second kappa shape index (κ2) is 11.8. The van der Waals surface area contributed by atoms with Crippen molar-refractivity contribution in [1.82, 2.24) is 9.88 Å². The summed E-state index contributed by atoms with van der Waals surface area (Å²) < 4.78 is 10.3. The van der Waals surface area contributed by atoms with E-state index < -0.39 is 5.25 Å². The zero-order chi connectivity index (χ0) is 24.6. The van der Waals surface area contributed by atoms with E-state index in [1.165, 1.54) is 18.0 Å². The third-order valence-electron chi connectivity index (χ3n) is 5.44. The van der Waals surface area contributed by atoms with Gasteiger partial charge in [-0.3, -0.25) is 14.4 Å². The number of methoxy groups -OCH3 is 1. The first-order valence-electron chi connectivity index (χ1n) is 11.3. The molecule has 0 spiro atoms.